The Bertz CT molecular complexity index is 791. The lowest BCUT2D eigenvalue weighted by Crippen LogP contribution is -2.47. The second-order valence-electron chi connectivity index (χ2n) is 9.18. The molecule has 2 saturated heterocycles. The van der Waals surface area contributed by atoms with Crippen LogP contribution in [0.15, 0.2) is 18.2 Å². The largest absolute Gasteiger partial charge is 0.491 e. The molecule has 0 aromatic heterocycles. The zero-order chi connectivity index (χ0) is 21.8. The van der Waals surface area contributed by atoms with Gasteiger partial charge in [0, 0.05) is 51.8 Å². The molecular weight excluding hydrogens is 392 g/mol. The van der Waals surface area contributed by atoms with Crippen LogP contribution < -0.4 is 4.74 Å². The van der Waals surface area contributed by atoms with E-state index < -0.39 is 0 Å². The predicted octanol–water partition coefficient (Wildman–Crippen LogP) is 1.95. The van der Waals surface area contributed by atoms with Gasteiger partial charge in [-0.1, -0.05) is 18.9 Å². The highest BCUT2D eigenvalue weighted by atomic mass is 16.5. The Hall–Kier alpha value is -2.12. The molecule has 1 atom stereocenters. The molecule has 3 aliphatic rings. The fraction of sp³-hybridized carbons (Fsp3) is 0.667. The highest BCUT2D eigenvalue weighted by molar-refractivity contribution is 5.82. The summed E-state index contributed by atoms with van der Waals surface area (Å²) in [5, 5.41) is 0. The number of carbonyl (C=O) groups excluding carboxylic acids is 2. The van der Waals surface area contributed by atoms with Crippen molar-refractivity contribution in [3.63, 3.8) is 0 Å². The van der Waals surface area contributed by atoms with Crippen LogP contribution >= 0.6 is 0 Å². The summed E-state index contributed by atoms with van der Waals surface area (Å²) in [6, 6.07) is 6.38. The van der Waals surface area contributed by atoms with Crippen molar-refractivity contribution in [2.24, 2.45) is 0 Å². The van der Waals surface area contributed by atoms with Crippen molar-refractivity contribution in [2.75, 3.05) is 52.9 Å². The zero-order valence-electron chi connectivity index (χ0n) is 19.0. The van der Waals surface area contributed by atoms with E-state index in [0.717, 1.165) is 63.4 Å². The number of hydrogen-bond acceptors (Lipinski definition) is 5. The summed E-state index contributed by atoms with van der Waals surface area (Å²) in [4.78, 5) is 33.4. The van der Waals surface area contributed by atoms with Crippen molar-refractivity contribution >= 4 is 11.8 Å². The van der Waals surface area contributed by atoms with Crippen LogP contribution in [-0.2, 0) is 22.7 Å². The molecule has 0 bridgehead atoms. The molecule has 0 spiro atoms. The van der Waals surface area contributed by atoms with Crippen LogP contribution in [0.2, 0.25) is 0 Å². The smallest absolute Gasteiger partial charge is 0.240 e. The molecule has 170 valence electrons. The van der Waals surface area contributed by atoms with E-state index in [1.54, 1.807) is 6.92 Å². The molecule has 2 fully saturated rings. The van der Waals surface area contributed by atoms with Gasteiger partial charge < -0.3 is 14.5 Å². The van der Waals surface area contributed by atoms with Crippen LogP contribution in [0.25, 0.3) is 0 Å². The molecular formula is C24H36N4O3. The number of benzene rings is 1. The van der Waals surface area contributed by atoms with Gasteiger partial charge in [-0.2, -0.15) is 0 Å². The maximum atomic E-state index is 13.4. The number of ether oxygens (including phenoxy) is 1. The van der Waals surface area contributed by atoms with Gasteiger partial charge in [-0.3, -0.25) is 19.4 Å². The standard InChI is InChI=1S/C24H36N4O3/c1-19(29)27-12-10-26(11-13-27)17-20-7-8-23-21(16-20)18-28(14-15-31-23)24(30)22-6-4-3-5-9-25(22)2/h7-8,16,22H,3-6,9-15,17-18H2,1-2H3/t22-/m0/s1. The molecule has 0 N–H and O–H groups in total. The second kappa shape index (κ2) is 10.0. The number of fused-ring (bicyclic) bond motifs is 1. The summed E-state index contributed by atoms with van der Waals surface area (Å²) in [6.45, 7) is 8.67. The Morgan fingerprint density at radius 3 is 2.58 bits per heavy atom. The van der Waals surface area contributed by atoms with Crippen LogP contribution in [-0.4, -0.2) is 90.4 Å². The topological polar surface area (TPSA) is 56.3 Å². The van der Waals surface area contributed by atoms with Crippen molar-refractivity contribution in [1.82, 2.24) is 19.6 Å². The van der Waals surface area contributed by atoms with E-state index in [1.165, 1.54) is 18.4 Å². The third-order valence-electron chi connectivity index (χ3n) is 6.95. The first kappa shape index (κ1) is 22.1. The van der Waals surface area contributed by atoms with Gasteiger partial charge in [0.1, 0.15) is 12.4 Å². The molecule has 3 heterocycles. The highest BCUT2D eigenvalue weighted by Gasteiger charge is 2.30. The number of hydrogen-bond donors (Lipinski definition) is 0. The zero-order valence-corrected chi connectivity index (χ0v) is 19.0. The van der Waals surface area contributed by atoms with Crippen molar-refractivity contribution in [2.45, 2.75) is 51.7 Å². The Kier molecular flexibility index (Phi) is 7.13. The number of likely N-dealkylation sites (tertiary alicyclic amines) is 1. The average molecular weight is 429 g/mol. The van der Waals surface area contributed by atoms with E-state index in [1.807, 2.05) is 9.80 Å². The van der Waals surface area contributed by atoms with E-state index in [9.17, 15) is 9.59 Å². The van der Waals surface area contributed by atoms with Crippen molar-refractivity contribution < 1.29 is 14.3 Å². The Morgan fingerprint density at radius 1 is 1.00 bits per heavy atom. The van der Waals surface area contributed by atoms with Crippen LogP contribution in [0.4, 0.5) is 0 Å². The van der Waals surface area contributed by atoms with Crippen molar-refractivity contribution in [3.8, 4) is 5.75 Å². The average Bonchev–Trinajstić information content (AvgIpc) is 3.11. The first-order valence-electron chi connectivity index (χ1n) is 11.7. The van der Waals surface area contributed by atoms with Gasteiger partial charge >= 0.3 is 0 Å². The number of likely N-dealkylation sites (N-methyl/N-ethyl adjacent to an activating group) is 1. The summed E-state index contributed by atoms with van der Waals surface area (Å²) >= 11 is 0. The first-order chi connectivity index (χ1) is 15.0. The quantitative estimate of drug-likeness (QED) is 0.737. The van der Waals surface area contributed by atoms with E-state index in [0.29, 0.717) is 19.7 Å². The van der Waals surface area contributed by atoms with Gasteiger partial charge in [-0.25, -0.2) is 0 Å². The van der Waals surface area contributed by atoms with Gasteiger partial charge in [0.05, 0.1) is 12.6 Å². The molecule has 0 unspecified atom stereocenters. The minimum Gasteiger partial charge on any atom is -0.491 e. The molecule has 7 heteroatoms. The summed E-state index contributed by atoms with van der Waals surface area (Å²) in [7, 11) is 2.08. The van der Waals surface area contributed by atoms with E-state index >= 15 is 0 Å². The second-order valence-corrected chi connectivity index (χ2v) is 9.18. The normalized spacial score (nSPS) is 23.5. The fourth-order valence-corrected chi connectivity index (χ4v) is 4.99. The molecule has 0 radical (unpaired) electrons. The first-order valence-corrected chi connectivity index (χ1v) is 11.7. The third kappa shape index (κ3) is 5.39. The number of amides is 2. The summed E-state index contributed by atoms with van der Waals surface area (Å²) in [6.07, 6.45) is 4.47. The molecule has 4 rings (SSSR count). The van der Waals surface area contributed by atoms with Crippen LogP contribution in [0.1, 0.15) is 43.7 Å². The molecule has 0 saturated carbocycles. The van der Waals surface area contributed by atoms with Gasteiger partial charge in [0.15, 0.2) is 0 Å². The molecule has 0 aliphatic carbocycles. The Labute approximate surface area is 185 Å². The number of piperazine rings is 1. The number of nitrogens with zero attached hydrogens (tertiary/aromatic N) is 4. The molecule has 31 heavy (non-hydrogen) atoms. The van der Waals surface area contributed by atoms with Crippen molar-refractivity contribution in [1.29, 1.82) is 0 Å². The van der Waals surface area contributed by atoms with Crippen LogP contribution in [0.3, 0.4) is 0 Å². The maximum absolute atomic E-state index is 13.4. The molecule has 1 aromatic rings. The van der Waals surface area contributed by atoms with E-state index in [-0.39, 0.29) is 17.9 Å². The lowest BCUT2D eigenvalue weighted by molar-refractivity contribution is -0.137. The SMILES string of the molecule is CC(=O)N1CCN(Cc2ccc3c(c2)CN(C(=O)[C@@H]2CCCCCN2C)CCO3)CC1. The van der Waals surface area contributed by atoms with Gasteiger partial charge in [-0.15, -0.1) is 0 Å². The molecule has 3 aliphatic heterocycles. The van der Waals surface area contributed by atoms with Gasteiger partial charge in [-0.05, 0) is 44.1 Å². The minimum absolute atomic E-state index is 0.00944. The van der Waals surface area contributed by atoms with Crippen LogP contribution in [0.5, 0.6) is 5.75 Å². The van der Waals surface area contributed by atoms with Gasteiger partial charge in [0.25, 0.3) is 0 Å². The molecule has 1 aromatic carbocycles. The van der Waals surface area contributed by atoms with E-state index in [4.69, 9.17) is 4.74 Å². The number of rotatable bonds is 3. The Balaban J connectivity index is 1.42. The summed E-state index contributed by atoms with van der Waals surface area (Å²) in [5.41, 5.74) is 2.33. The van der Waals surface area contributed by atoms with Crippen LogP contribution in [0, 0.1) is 0 Å². The highest BCUT2D eigenvalue weighted by Crippen LogP contribution is 2.27. The van der Waals surface area contributed by atoms with E-state index in [2.05, 4.69) is 35.0 Å². The lowest BCUT2D eigenvalue weighted by Gasteiger charge is -2.34. The minimum atomic E-state index is -0.00944. The molecule has 2 amide bonds. The molecule has 7 nitrogen and oxygen atoms in total. The number of carbonyl (C=O) groups is 2. The fourth-order valence-electron chi connectivity index (χ4n) is 4.99. The summed E-state index contributed by atoms with van der Waals surface area (Å²) in [5.74, 6) is 1.30. The maximum Gasteiger partial charge on any atom is 0.240 e. The Morgan fingerprint density at radius 2 is 1.81 bits per heavy atom. The lowest BCUT2D eigenvalue weighted by atomic mass is 10.1. The summed E-state index contributed by atoms with van der Waals surface area (Å²) < 4.78 is 5.99. The van der Waals surface area contributed by atoms with Crippen molar-refractivity contribution in [3.05, 3.63) is 29.3 Å². The van der Waals surface area contributed by atoms with Gasteiger partial charge in [0.2, 0.25) is 11.8 Å². The third-order valence-corrected chi connectivity index (χ3v) is 6.95. The monoisotopic (exact) mass is 428 g/mol. The predicted molar refractivity (Wildman–Crippen MR) is 120 cm³/mol.